The molecule has 28 heavy (non-hydrogen) atoms. The summed E-state index contributed by atoms with van der Waals surface area (Å²) in [6.45, 7) is 0. The highest BCUT2D eigenvalue weighted by Crippen LogP contribution is 2.44. The van der Waals surface area contributed by atoms with Crippen LogP contribution in [0.2, 0.25) is 0 Å². The fourth-order valence-electron chi connectivity index (χ4n) is 4.03. The molecule has 0 N–H and O–H groups in total. The molecule has 0 saturated carbocycles. The quantitative estimate of drug-likeness (QED) is 0.431. The van der Waals surface area contributed by atoms with Gasteiger partial charge in [0, 0.05) is 22.1 Å². The van der Waals surface area contributed by atoms with Gasteiger partial charge in [-0.05, 0) is 35.7 Å². The van der Waals surface area contributed by atoms with Gasteiger partial charge in [0.2, 0.25) is 0 Å². The van der Waals surface area contributed by atoms with Crippen LogP contribution in [0.1, 0.15) is 16.7 Å². The molecule has 0 spiro atoms. The van der Waals surface area contributed by atoms with Gasteiger partial charge in [-0.15, -0.1) is 0 Å². The maximum Gasteiger partial charge on any atom is 0.178 e. The maximum absolute atomic E-state index is 6.75. The number of benzene rings is 4. The van der Waals surface area contributed by atoms with Crippen molar-refractivity contribution in [2.24, 2.45) is 0 Å². The third-order valence-corrected chi connectivity index (χ3v) is 5.40. The molecule has 0 fully saturated rings. The van der Waals surface area contributed by atoms with Crippen molar-refractivity contribution in [1.29, 1.82) is 0 Å². The van der Waals surface area contributed by atoms with E-state index in [0.717, 1.165) is 39.0 Å². The summed E-state index contributed by atoms with van der Waals surface area (Å²) in [6.07, 6.45) is 4.35. The number of fused-ring (bicyclic) bond motifs is 3. The van der Waals surface area contributed by atoms with Gasteiger partial charge in [0.25, 0.3) is 0 Å². The minimum absolute atomic E-state index is 0.651. The van der Waals surface area contributed by atoms with E-state index in [2.05, 4.69) is 72.8 Å². The molecule has 4 aromatic carbocycles. The summed E-state index contributed by atoms with van der Waals surface area (Å²) in [5, 5.41) is 2.21. The van der Waals surface area contributed by atoms with Crippen LogP contribution in [-0.2, 0) is 5.60 Å². The molecule has 0 bridgehead atoms. The van der Waals surface area contributed by atoms with E-state index >= 15 is 0 Å². The molecule has 5 rings (SSSR count). The number of hydrogen-bond acceptors (Lipinski definition) is 2. The van der Waals surface area contributed by atoms with E-state index in [1.165, 1.54) is 0 Å². The number of methoxy groups -OCH3 is 1. The van der Waals surface area contributed by atoms with E-state index in [1.807, 2.05) is 30.3 Å². The molecule has 4 aromatic rings. The maximum atomic E-state index is 6.75. The molecular weight excluding hydrogens is 344 g/mol. The zero-order valence-corrected chi connectivity index (χ0v) is 15.6. The smallest absolute Gasteiger partial charge is 0.178 e. The van der Waals surface area contributed by atoms with Crippen LogP contribution in [0.4, 0.5) is 0 Å². The summed E-state index contributed by atoms with van der Waals surface area (Å²) in [4.78, 5) is 0. The van der Waals surface area contributed by atoms with Crippen molar-refractivity contribution in [3.8, 4) is 11.5 Å². The van der Waals surface area contributed by atoms with Crippen LogP contribution in [0.15, 0.2) is 97.1 Å². The Bertz CT molecular complexity index is 1120. The normalized spacial score (nSPS) is 14.3. The molecule has 0 aliphatic carbocycles. The second-order valence-corrected chi connectivity index (χ2v) is 6.94. The van der Waals surface area contributed by atoms with Crippen LogP contribution in [0.5, 0.6) is 11.5 Å². The van der Waals surface area contributed by atoms with E-state index in [4.69, 9.17) is 9.47 Å². The summed E-state index contributed by atoms with van der Waals surface area (Å²) < 4.78 is 12.3. The second kappa shape index (κ2) is 6.58. The highest BCUT2D eigenvalue weighted by molar-refractivity contribution is 5.97. The lowest BCUT2D eigenvalue weighted by Crippen LogP contribution is -2.34. The van der Waals surface area contributed by atoms with Crippen LogP contribution < -0.4 is 9.47 Å². The average molecular weight is 364 g/mol. The van der Waals surface area contributed by atoms with Crippen molar-refractivity contribution in [3.05, 3.63) is 114 Å². The van der Waals surface area contributed by atoms with Gasteiger partial charge in [0.1, 0.15) is 11.5 Å². The molecule has 0 radical (unpaired) electrons. The highest BCUT2D eigenvalue weighted by atomic mass is 16.5. The van der Waals surface area contributed by atoms with Crippen LogP contribution in [-0.4, -0.2) is 7.11 Å². The third kappa shape index (κ3) is 2.49. The Hall–Kier alpha value is -3.52. The van der Waals surface area contributed by atoms with Gasteiger partial charge in [-0.1, -0.05) is 72.8 Å². The van der Waals surface area contributed by atoms with E-state index < -0.39 is 5.60 Å². The van der Waals surface area contributed by atoms with Crippen LogP contribution in [0.3, 0.4) is 0 Å². The molecule has 1 heterocycles. The summed E-state index contributed by atoms with van der Waals surface area (Å²) in [5.41, 5.74) is 2.64. The Kier molecular flexibility index (Phi) is 3.91. The molecule has 1 aliphatic rings. The first-order chi connectivity index (χ1) is 13.8. The van der Waals surface area contributed by atoms with Gasteiger partial charge in [-0.2, -0.15) is 0 Å². The molecular formula is C26H20O2. The van der Waals surface area contributed by atoms with Crippen molar-refractivity contribution in [1.82, 2.24) is 0 Å². The predicted molar refractivity (Wildman–Crippen MR) is 114 cm³/mol. The summed E-state index contributed by atoms with van der Waals surface area (Å²) in [5.74, 6) is 1.74. The first-order valence-corrected chi connectivity index (χ1v) is 9.41. The number of rotatable bonds is 3. The lowest BCUT2D eigenvalue weighted by atomic mass is 9.83. The minimum atomic E-state index is -0.651. The average Bonchev–Trinajstić information content (AvgIpc) is 2.79. The zero-order valence-electron chi connectivity index (χ0n) is 15.6. The van der Waals surface area contributed by atoms with Crippen LogP contribution >= 0.6 is 0 Å². The zero-order chi connectivity index (χ0) is 19.0. The van der Waals surface area contributed by atoms with Crippen LogP contribution in [0.25, 0.3) is 16.8 Å². The Labute approximate surface area is 164 Å². The monoisotopic (exact) mass is 364 g/mol. The molecule has 136 valence electrons. The SMILES string of the molecule is COc1cccc2c3c(ccc12)OC(c1ccccc1)(c1ccccc1)C=C3. The van der Waals surface area contributed by atoms with E-state index in [9.17, 15) is 0 Å². The summed E-state index contributed by atoms with van der Waals surface area (Å²) in [6, 6.07) is 31.0. The standard InChI is InChI=1S/C26H20O2/c1-27-24-14-8-13-21-22(24)15-16-25-23(21)17-18-26(28-25,19-9-4-2-5-10-19)20-11-6-3-7-12-20/h2-18H,1H3. The summed E-state index contributed by atoms with van der Waals surface area (Å²) in [7, 11) is 1.70. The third-order valence-electron chi connectivity index (χ3n) is 5.40. The van der Waals surface area contributed by atoms with Crippen molar-refractivity contribution < 1.29 is 9.47 Å². The Morgan fingerprint density at radius 3 is 2.00 bits per heavy atom. The Morgan fingerprint density at radius 1 is 0.679 bits per heavy atom. The molecule has 0 unspecified atom stereocenters. The first-order valence-electron chi connectivity index (χ1n) is 9.41. The van der Waals surface area contributed by atoms with Crippen molar-refractivity contribution in [2.45, 2.75) is 5.60 Å². The lowest BCUT2D eigenvalue weighted by Gasteiger charge is -2.36. The molecule has 0 amide bonds. The molecule has 2 heteroatoms. The number of hydrogen-bond donors (Lipinski definition) is 0. The van der Waals surface area contributed by atoms with Crippen molar-refractivity contribution in [2.75, 3.05) is 7.11 Å². The van der Waals surface area contributed by atoms with Gasteiger partial charge in [0.05, 0.1) is 7.11 Å². The fourth-order valence-corrected chi connectivity index (χ4v) is 4.03. The Balaban J connectivity index is 1.73. The van der Waals surface area contributed by atoms with Gasteiger partial charge >= 0.3 is 0 Å². The van der Waals surface area contributed by atoms with Crippen molar-refractivity contribution >= 4 is 16.8 Å². The van der Waals surface area contributed by atoms with E-state index in [0.29, 0.717) is 0 Å². The Morgan fingerprint density at radius 2 is 1.36 bits per heavy atom. The van der Waals surface area contributed by atoms with Gasteiger partial charge in [0.15, 0.2) is 5.60 Å². The fraction of sp³-hybridized carbons (Fsp3) is 0.0769. The van der Waals surface area contributed by atoms with Gasteiger partial charge in [-0.3, -0.25) is 0 Å². The molecule has 0 saturated heterocycles. The van der Waals surface area contributed by atoms with E-state index in [-0.39, 0.29) is 0 Å². The second-order valence-electron chi connectivity index (χ2n) is 6.94. The number of ether oxygens (including phenoxy) is 2. The van der Waals surface area contributed by atoms with Crippen LogP contribution in [0, 0.1) is 0 Å². The largest absolute Gasteiger partial charge is 0.496 e. The van der Waals surface area contributed by atoms with Crippen molar-refractivity contribution in [3.63, 3.8) is 0 Å². The van der Waals surface area contributed by atoms with Gasteiger partial charge < -0.3 is 9.47 Å². The molecule has 0 aromatic heterocycles. The molecule has 2 nitrogen and oxygen atoms in total. The minimum Gasteiger partial charge on any atom is -0.496 e. The highest BCUT2D eigenvalue weighted by Gasteiger charge is 2.37. The lowest BCUT2D eigenvalue weighted by molar-refractivity contribution is 0.161. The first kappa shape index (κ1) is 16.6. The topological polar surface area (TPSA) is 18.5 Å². The summed E-state index contributed by atoms with van der Waals surface area (Å²) >= 11 is 0. The predicted octanol–water partition coefficient (Wildman–Crippen LogP) is 6.20. The van der Waals surface area contributed by atoms with Gasteiger partial charge in [-0.25, -0.2) is 0 Å². The molecule has 0 atom stereocenters. The van der Waals surface area contributed by atoms with E-state index in [1.54, 1.807) is 7.11 Å². The molecule has 1 aliphatic heterocycles.